The summed E-state index contributed by atoms with van der Waals surface area (Å²) < 4.78 is 5.43. The van der Waals surface area contributed by atoms with Crippen LogP contribution in [0.1, 0.15) is 42.4 Å². The van der Waals surface area contributed by atoms with Crippen molar-refractivity contribution in [3.05, 3.63) is 27.8 Å². The molecule has 1 rings (SSSR count). The fourth-order valence-corrected chi connectivity index (χ4v) is 2.40. The minimum Gasteiger partial charge on any atom is -0.496 e. The summed E-state index contributed by atoms with van der Waals surface area (Å²) in [6.07, 6.45) is 0. The minimum atomic E-state index is -0.971. The van der Waals surface area contributed by atoms with Crippen LogP contribution in [0, 0.1) is 6.92 Å². The molecule has 0 aromatic heterocycles. The maximum Gasteiger partial charge on any atom is 0.312 e. The van der Waals surface area contributed by atoms with Crippen molar-refractivity contribution in [1.82, 2.24) is 0 Å². The van der Waals surface area contributed by atoms with Crippen molar-refractivity contribution in [2.75, 3.05) is 13.7 Å². The Hall–Kier alpha value is -1.26. The molecule has 0 bridgehead atoms. The van der Waals surface area contributed by atoms with E-state index in [2.05, 4.69) is 0 Å². The lowest BCUT2D eigenvalue weighted by molar-refractivity contribution is -0.138. The zero-order valence-electron chi connectivity index (χ0n) is 11.7. The summed E-state index contributed by atoms with van der Waals surface area (Å²) in [4.78, 5) is 11.4. The Morgan fingerprint density at radius 1 is 1.53 bits per heavy atom. The molecule has 0 aliphatic rings. The number of methoxy groups -OCH3 is 1. The van der Waals surface area contributed by atoms with Crippen LogP contribution in [-0.4, -0.2) is 24.7 Å². The maximum absolute atomic E-state index is 11.4. The van der Waals surface area contributed by atoms with Crippen LogP contribution < -0.4 is 10.5 Å². The highest BCUT2D eigenvalue weighted by Gasteiger charge is 2.27. The SMILES string of the molecule is COc1c(C(C)C)cc(Cl)c(C)c1C(CN)C(=O)O. The van der Waals surface area contributed by atoms with E-state index in [0.29, 0.717) is 21.9 Å². The Balaban J connectivity index is 3.63. The van der Waals surface area contributed by atoms with Gasteiger partial charge >= 0.3 is 5.97 Å². The number of ether oxygens (including phenoxy) is 1. The summed E-state index contributed by atoms with van der Waals surface area (Å²) in [6, 6.07) is 1.83. The Kier molecular flexibility index (Phi) is 5.20. The minimum absolute atomic E-state index is 0.00438. The van der Waals surface area contributed by atoms with Crippen LogP contribution in [0.15, 0.2) is 6.07 Å². The molecule has 0 spiro atoms. The number of carboxylic acid groups (broad SMARTS) is 1. The van der Waals surface area contributed by atoms with Gasteiger partial charge in [0, 0.05) is 17.1 Å². The van der Waals surface area contributed by atoms with Crippen molar-refractivity contribution in [3.63, 3.8) is 0 Å². The first kappa shape index (κ1) is 15.8. The first-order valence-corrected chi connectivity index (χ1v) is 6.52. The second kappa shape index (κ2) is 6.26. The molecule has 0 aliphatic carbocycles. The summed E-state index contributed by atoms with van der Waals surface area (Å²) in [5.41, 5.74) is 7.78. The first-order valence-electron chi connectivity index (χ1n) is 6.14. The molecule has 19 heavy (non-hydrogen) atoms. The van der Waals surface area contributed by atoms with Crippen molar-refractivity contribution in [2.24, 2.45) is 5.73 Å². The van der Waals surface area contributed by atoms with Gasteiger partial charge in [-0.15, -0.1) is 0 Å². The summed E-state index contributed by atoms with van der Waals surface area (Å²) in [5.74, 6) is -1.03. The van der Waals surface area contributed by atoms with Crippen molar-refractivity contribution < 1.29 is 14.6 Å². The van der Waals surface area contributed by atoms with Gasteiger partial charge < -0.3 is 15.6 Å². The molecular weight excluding hydrogens is 266 g/mol. The highest BCUT2D eigenvalue weighted by molar-refractivity contribution is 6.31. The monoisotopic (exact) mass is 285 g/mol. The number of carboxylic acids is 1. The van der Waals surface area contributed by atoms with Gasteiger partial charge in [-0.2, -0.15) is 0 Å². The summed E-state index contributed by atoms with van der Waals surface area (Å²) in [6.45, 7) is 5.80. The van der Waals surface area contributed by atoms with Gasteiger partial charge in [0.2, 0.25) is 0 Å². The molecule has 4 nitrogen and oxygen atoms in total. The fraction of sp³-hybridized carbons (Fsp3) is 0.500. The average molecular weight is 286 g/mol. The quantitative estimate of drug-likeness (QED) is 0.872. The molecule has 1 atom stereocenters. The first-order chi connectivity index (χ1) is 8.84. The number of carbonyl (C=O) groups is 1. The van der Waals surface area contributed by atoms with E-state index in [4.69, 9.17) is 22.1 Å². The van der Waals surface area contributed by atoms with Crippen LogP contribution in [0.5, 0.6) is 5.75 Å². The van der Waals surface area contributed by atoms with E-state index in [1.54, 1.807) is 6.92 Å². The molecular formula is C14H20ClNO3. The molecule has 0 saturated heterocycles. The average Bonchev–Trinajstić information content (AvgIpc) is 2.34. The highest BCUT2D eigenvalue weighted by atomic mass is 35.5. The van der Waals surface area contributed by atoms with E-state index in [1.165, 1.54) is 7.11 Å². The molecule has 106 valence electrons. The number of halogens is 1. The van der Waals surface area contributed by atoms with E-state index >= 15 is 0 Å². The predicted octanol–water partition coefficient (Wildman–Crippen LogP) is 2.91. The molecule has 0 amide bonds. The molecule has 0 aliphatic heterocycles. The molecule has 0 radical (unpaired) electrons. The molecule has 1 aromatic carbocycles. The largest absolute Gasteiger partial charge is 0.496 e. The Morgan fingerprint density at radius 3 is 2.47 bits per heavy atom. The smallest absolute Gasteiger partial charge is 0.312 e. The molecule has 3 N–H and O–H groups in total. The van der Waals surface area contributed by atoms with E-state index < -0.39 is 11.9 Å². The van der Waals surface area contributed by atoms with Gasteiger partial charge in [0.05, 0.1) is 13.0 Å². The Labute approximate surface area is 118 Å². The molecule has 0 fully saturated rings. The molecule has 0 heterocycles. The zero-order valence-corrected chi connectivity index (χ0v) is 12.4. The third-order valence-corrected chi connectivity index (χ3v) is 3.65. The third-order valence-electron chi connectivity index (χ3n) is 3.26. The lowest BCUT2D eigenvalue weighted by Crippen LogP contribution is -2.23. The molecule has 1 unspecified atom stereocenters. The van der Waals surface area contributed by atoms with E-state index in [9.17, 15) is 9.90 Å². The van der Waals surface area contributed by atoms with Gasteiger partial charge in [-0.05, 0) is 30.0 Å². The van der Waals surface area contributed by atoms with Gasteiger partial charge in [0.1, 0.15) is 5.75 Å². The van der Waals surface area contributed by atoms with Crippen LogP contribution in [-0.2, 0) is 4.79 Å². The normalized spacial score (nSPS) is 12.6. The summed E-state index contributed by atoms with van der Waals surface area (Å²) in [5, 5.41) is 9.85. The van der Waals surface area contributed by atoms with Crippen molar-refractivity contribution in [3.8, 4) is 5.75 Å². The van der Waals surface area contributed by atoms with Gasteiger partial charge in [-0.25, -0.2) is 0 Å². The maximum atomic E-state index is 11.4. The standard InChI is InChI=1S/C14H20ClNO3/c1-7(2)9-5-11(15)8(3)12(13(9)19-4)10(6-16)14(17)18/h5,7,10H,6,16H2,1-4H3,(H,17,18). The molecule has 0 saturated carbocycles. The number of nitrogens with two attached hydrogens (primary N) is 1. The lowest BCUT2D eigenvalue weighted by Gasteiger charge is -2.22. The number of aliphatic carboxylic acids is 1. The van der Waals surface area contributed by atoms with E-state index in [1.807, 2.05) is 19.9 Å². The van der Waals surface area contributed by atoms with Crippen LogP contribution in [0.25, 0.3) is 0 Å². The van der Waals surface area contributed by atoms with Crippen LogP contribution >= 0.6 is 11.6 Å². The van der Waals surface area contributed by atoms with E-state index in [0.717, 1.165) is 5.56 Å². The summed E-state index contributed by atoms with van der Waals surface area (Å²) >= 11 is 6.21. The zero-order chi connectivity index (χ0) is 14.7. The van der Waals surface area contributed by atoms with Crippen molar-refractivity contribution in [2.45, 2.75) is 32.6 Å². The lowest BCUT2D eigenvalue weighted by atomic mass is 9.88. The van der Waals surface area contributed by atoms with Gasteiger partial charge in [0.25, 0.3) is 0 Å². The van der Waals surface area contributed by atoms with Crippen molar-refractivity contribution >= 4 is 17.6 Å². The number of benzene rings is 1. The van der Waals surface area contributed by atoms with Crippen LogP contribution in [0.4, 0.5) is 0 Å². The van der Waals surface area contributed by atoms with Crippen LogP contribution in [0.3, 0.4) is 0 Å². The summed E-state index contributed by atoms with van der Waals surface area (Å²) in [7, 11) is 1.54. The molecule has 5 heteroatoms. The van der Waals surface area contributed by atoms with Crippen molar-refractivity contribution in [1.29, 1.82) is 0 Å². The topological polar surface area (TPSA) is 72.5 Å². The van der Waals surface area contributed by atoms with E-state index in [-0.39, 0.29) is 12.5 Å². The molecule has 1 aromatic rings. The third kappa shape index (κ3) is 3.01. The van der Waals surface area contributed by atoms with Gasteiger partial charge in [-0.3, -0.25) is 4.79 Å². The van der Waals surface area contributed by atoms with Gasteiger partial charge in [-0.1, -0.05) is 25.4 Å². The predicted molar refractivity (Wildman–Crippen MR) is 76.3 cm³/mol. The number of hydrogen-bond donors (Lipinski definition) is 2. The van der Waals surface area contributed by atoms with Gasteiger partial charge in [0.15, 0.2) is 0 Å². The fourth-order valence-electron chi connectivity index (χ4n) is 2.18. The number of hydrogen-bond acceptors (Lipinski definition) is 3. The number of rotatable bonds is 5. The highest BCUT2D eigenvalue weighted by Crippen LogP contribution is 2.40. The Morgan fingerprint density at radius 2 is 2.11 bits per heavy atom. The Bertz CT molecular complexity index is 486. The second-order valence-corrected chi connectivity index (χ2v) is 5.21. The second-order valence-electron chi connectivity index (χ2n) is 4.80. The van der Waals surface area contributed by atoms with Crippen LogP contribution in [0.2, 0.25) is 5.02 Å².